The third-order valence-corrected chi connectivity index (χ3v) is 3.70. The molecule has 0 bridgehead atoms. The Kier molecular flexibility index (Phi) is 6.18. The van der Waals surface area contributed by atoms with Gasteiger partial charge in [0.1, 0.15) is 5.75 Å². The second-order valence-corrected chi connectivity index (χ2v) is 5.11. The molecule has 0 N–H and O–H groups in total. The van der Waals surface area contributed by atoms with Crippen LogP contribution in [0.4, 0.5) is 0 Å². The topological polar surface area (TPSA) is 38.8 Å². The number of methoxy groups -OCH3 is 1. The fraction of sp³-hybridized carbons (Fsp3) is 0.316. The van der Waals surface area contributed by atoms with Crippen molar-refractivity contribution in [1.29, 1.82) is 0 Å². The van der Waals surface area contributed by atoms with Crippen molar-refractivity contribution in [3.05, 3.63) is 54.1 Å². The first-order valence-corrected chi connectivity index (χ1v) is 7.81. The van der Waals surface area contributed by atoms with E-state index >= 15 is 0 Å². The number of ether oxygens (including phenoxy) is 2. The summed E-state index contributed by atoms with van der Waals surface area (Å²) in [6.07, 6.45) is 0. The lowest BCUT2D eigenvalue weighted by atomic mass is 10.0. The highest BCUT2D eigenvalue weighted by molar-refractivity contribution is 5.98. The lowest BCUT2D eigenvalue weighted by Gasteiger charge is -2.21. The Balaban J connectivity index is 2.43. The number of rotatable bonds is 7. The van der Waals surface area contributed by atoms with Crippen LogP contribution in [0.2, 0.25) is 0 Å². The van der Waals surface area contributed by atoms with Crippen LogP contribution in [0.5, 0.6) is 5.75 Å². The summed E-state index contributed by atoms with van der Waals surface area (Å²) < 4.78 is 10.5. The minimum atomic E-state index is -0.0288. The van der Waals surface area contributed by atoms with Gasteiger partial charge in [-0.3, -0.25) is 4.79 Å². The van der Waals surface area contributed by atoms with E-state index in [0.717, 1.165) is 11.1 Å². The van der Waals surface area contributed by atoms with Crippen LogP contribution in [0.25, 0.3) is 11.1 Å². The van der Waals surface area contributed by atoms with E-state index in [1.54, 1.807) is 12.0 Å². The van der Waals surface area contributed by atoms with E-state index < -0.39 is 0 Å². The zero-order chi connectivity index (χ0) is 16.7. The van der Waals surface area contributed by atoms with Gasteiger partial charge >= 0.3 is 0 Å². The van der Waals surface area contributed by atoms with Crippen molar-refractivity contribution in [3.63, 3.8) is 0 Å². The molecule has 0 saturated carbocycles. The number of carbonyl (C=O) groups is 1. The van der Waals surface area contributed by atoms with Crippen LogP contribution < -0.4 is 4.74 Å². The molecule has 4 nitrogen and oxygen atoms in total. The molecule has 2 rings (SSSR count). The van der Waals surface area contributed by atoms with E-state index in [1.807, 2.05) is 62.4 Å². The number of amides is 1. The predicted molar refractivity (Wildman–Crippen MR) is 91.6 cm³/mol. The quantitative estimate of drug-likeness (QED) is 0.729. The lowest BCUT2D eigenvalue weighted by molar-refractivity contribution is 0.0492. The molecule has 0 heterocycles. The van der Waals surface area contributed by atoms with E-state index in [-0.39, 0.29) is 12.7 Å². The first-order valence-electron chi connectivity index (χ1n) is 7.81. The van der Waals surface area contributed by atoms with Crippen LogP contribution in [0, 0.1) is 0 Å². The Hall–Kier alpha value is -2.33. The van der Waals surface area contributed by atoms with Gasteiger partial charge in [-0.25, -0.2) is 0 Å². The molecule has 1 amide bonds. The van der Waals surface area contributed by atoms with Crippen molar-refractivity contribution in [2.75, 3.05) is 27.0 Å². The Bertz CT molecular complexity index is 636. The van der Waals surface area contributed by atoms with Gasteiger partial charge in [0.25, 0.3) is 5.91 Å². The molecule has 2 aromatic rings. The van der Waals surface area contributed by atoms with Crippen molar-refractivity contribution in [3.8, 4) is 16.9 Å². The van der Waals surface area contributed by atoms with E-state index in [0.29, 0.717) is 24.4 Å². The zero-order valence-electron chi connectivity index (χ0n) is 13.9. The highest BCUT2D eigenvalue weighted by atomic mass is 16.7. The molecular formula is C19H23NO3. The summed E-state index contributed by atoms with van der Waals surface area (Å²) in [6.45, 7) is 5.38. The monoisotopic (exact) mass is 313 g/mol. The summed E-state index contributed by atoms with van der Waals surface area (Å²) in [5, 5.41) is 0. The van der Waals surface area contributed by atoms with Crippen molar-refractivity contribution in [2.24, 2.45) is 0 Å². The number of carbonyl (C=O) groups excluding carboxylic acids is 1. The van der Waals surface area contributed by atoms with Gasteiger partial charge in [-0.1, -0.05) is 36.4 Å². The molecule has 4 heteroatoms. The Morgan fingerprint density at radius 3 is 2.30 bits per heavy atom. The molecule has 23 heavy (non-hydrogen) atoms. The SMILES string of the molecule is CCN(CC)C(=O)c1cc(-c2ccccc2)ccc1OCOC. The molecule has 122 valence electrons. The second kappa shape index (κ2) is 8.34. The molecule has 0 aliphatic carbocycles. The first kappa shape index (κ1) is 17.0. The summed E-state index contributed by atoms with van der Waals surface area (Å²) >= 11 is 0. The Morgan fingerprint density at radius 2 is 1.70 bits per heavy atom. The predicted octanol–water partition coefficient (Wildman–Crippen LogP) is 3.82. The van der Waals surface area contributed by atoms with Crippen molar-refractivity contribution in [1.82, 2.24) is 4.90 Å². The minimum absolute atomic E-state index is 0.0288. The van der Waals surface area contributed by atoms with Gasteiger partial charge in [-0.05, 0) is 37.1 Å². The number of hydrogen-bond acceptors (Lipinski definition) is 3. The fourth-order valence-corrected chi connectivity index (χ4v) is 2.44. The summed E-state index contributed by atoms with van der Waals surface area (Å²) in [6, 6.07) is 15.7. The van der Waals surface area contributed by atoms with E-state index in [9.17, 15) is 4.79 Å². The molecular weight excluding hydrogens is 290 g/mol. The molecule has 0 aliphatic heterocycles. The zero-order valence-corrected chi connectivity index (χ0v) is 13.9. The van der Waals surface area contributed by atoms with Crippen molar-refractivity contribution < 1.29 is 14.3 Å². The average Bonchev–Trinajstić information content (AvgIpc) is 2.61. The van der Waals surface area contributed by atoms with Crippen LogP contribution in [0.3, 0.4) is 0 Å². The molecule has 0 aliphatic rings. The molecule has 0 fully saturated rings. The highest BCUT2D eigenvalue weighted by Crippen LogP contribution is 2.28. The minimum Gasteiger partial charge on any atom is -0.467 e. The fourth-order valence-electron chi connectivity index (χ4n) is 2.44. The van der Waals surface area contributed by atoms with E-state index in [4.69, 9.17) is 9.47 Å². The maximum absolute atomic E-state index is 12.8. The van der Waals surface area contributed by atoms with Crippen LogP contribution in [-0.4, -0.2) is 37.8 Å². The van der Waals surface area contributed by atoms with Gasteiger partial charge in [-0.15, -0.1) is 0 Å². The first-order chi connectivity index (χ1) is 11.2. The maximum Gasteiger partial charge on any atom is 0.257 e. The highest BCUT2D eigenvalue weighted by Gasteiger charge is 2.18. The Labute approximate surface area is 137 Å². The van der Waals surface area contributed by atoms with E-state index in [1.165, 1.54) is 0 Å². The van der Waals surface area contributed by atoms with Crippen LogP contribution >= 0.6 is 0 Å². The third kappa shape index (κ3) is 4.11. The molecule has 0 aromatic heterocycles. The summed E-state index contributed by atoms with van der Waals surface area (Å²) in [5.41, 5.74) is 2.62. The van der Waals surface area contributed by atoms with E-state index in [2.05, 4.69) is 0 Å². The number of nitrogens with zero attached hydrogens (tertiary/aromatic N) is 1. The number of benzene rings is 2. The van der Waals surface area contributed by atoms with Gasteiger partial charge < -0.3 is 14.4 Å². The molecule has 2 aromatic carbocycles. The molecule has 0 radical (unpaired) electrons. The van der Waals surface area contributed by atoms with Crippen LogP contribution in [0.1, 0.15) is 24.2 Å². The summed E-state index contributed by atoms with van der Waals surface area (Å²) in [5.74, 6) is 0.516. The van der Waals surface area contributed by atoms with Crippen LogP contribution in [0.15, 0.2) is 48.5 Å². The summed E-state index contributed by atoms with van der Waals surface area (Å²) in [7, 11) is 1.56. The van der Waals surface area contributed by atoms with Gasteiger partial charge in [0.2, 0.25) is 0 Å². The van der Waals surface area contributed by atoms with Crippen molar-refractivity contribution in [2.45, 2.75) is 13.8 Å². The number of hydrogen-bond donors (Lipinski definition) is 0. The normalized spacial score (nSPS) is 10.4. The van der Waals surface area contributed by atoms with Gasteiger partial charge in [0, 0.05) is 20.2 Å². The Morgan fingerprint density at radius 1 is 1.00 bits per heavy atom. The second-order valence-electron chi connectivity index (χ2n) is 5.11. The van der Waals surface area contributed by atoms with Gasteiger partial charge in [0.05, 0.1) is 5.56 Å². The molecule has 0 saturated heterocycles. The largest absolute Gasteiger partial charge is 0.467 e. The maximum atomic E-state index is 12.8. The molecule has 0 atom stereocenters. The van der Waals surface area contributed by atoms with Gasteiger partial charge in [0.15, 0.2) is 6.79 Å². The standard InChI is InChI=1S/C19H23NO3/c1-4-20(5-2)19(21)17-13-16(15-9-7-6-8-10-15)11-12-18(17)23-14-22-3/h6-13H,4-5,14H2,1-3H3. The molecule has 0 unspecified atom stereocenters. The van der Waals surface area contributed by atoms with Gasteiger partial charge in [-0.2, -0.15) is 0 Å². The average molecular weight is 313 g/mol. The van der Waals surface area contributed by atoms with Crippen molar-refractivity contribution >= 4 is 5.91 Å². The smallest absolute Gasteiger partial charge is 0.257 e. The van der Waals surface area contributed by atoms with Crippen LogP contribution in [-0.2, 0) is 4.74 Å². The lowest BCUT2D eigenvalue weighted by Crippen LogP contribution is -2.30. The summed E-state index contributed by atoms with van der Waals surface area (Å²) in [4.78, 5) is 14.6. The molecule has 0 spiro atoms. The third-order valence-electron chi connectivity index (χ3n) is 3.70.